The molecular formula is C9H5F2N3O. The summed E-state index contributed by atoms with van der Waals surface area (Å²) < 4.78 is 24.5. The van der Waals surface area contributed by atoms with Crippen molar-refractivity contribution in [1.82, 2.24) is 4.98 Å². The maximum atomic E-state index is 12.3. The van der Waals surface area contributed by atoms with Crippen molar-refractivity contribution in [2.24, 2.45) is 0 Å². The van der Waals surface area contributed by atoms with E-state index >= 15 is 0 Å². The first-order valence-corrected chi connectivity index (χ1v) is 3.91. The third-order valence-corrected chi connectivity index (χ3v) is 1.75. The lowest BCUT2D eigenvalue weighted by Crippen LogP contribution is -2.15. The number of aromatic amines is 1. The Morgan fingerprint density at radius 3 is 2.60 bits per heavy atom. The van der Waals surface area contributed by atoms with E-state index in [2.05, 4.69) is 0 Å². The molecule has 0 saturated carbocycles. The Morgan fingerprint density at radius 2 is 2.13 bits per heavy atom. The number of alkyl halides is 2. The van der Waals surface area contributed by atoms with Gasteiger partial charge in [-0.2, -0.15) is 10.5 Å². The van der Waals surface area contributed by atoms with E-state index in [0.717, 1.165) is 6.07 Å². The topological polar surface area (TPSA) is 80.4 Å². The Kier molecular flexibility index (Phi) is 3.14. The highest BCUT2D eigenvalue weighted by molar-refractivity contribution is 5.38. The molecule has 4 nitrogen and oxygen atoms in total. The van der Waals surface area contributed by atoms with E-state index < -0.39 is 17.7 Å². The summed E-state index contributed by atoms with van der Waals surface area (Å²) >= 11 is 0. The van der Waals surface area contributed by atoms with Crippen LogP contribution in [-0.2, 0) is 6.42 Å². The van der Waals surface area contributed by atoms with Gasteiger partial charge in [-0.15, -0.1) is 0 Å². The molecule has 1 rings (SSSR count). The van der Waals surface area contributed by atoms with Crippen molar-refractivity contribution in [3.05, 3.63) is 33.2 Å². The molecule has 76 valence electrons. The number of hydrogen-bond acceptors (Lipinski definition) is 3. The van der Waals surface area contributed by atoms with Gasteiger partial charge in [0.05, 0.1) is 18.2 Å². The number of aromatic nitrogens is 1. The minimum atomic E-state index is -2.83. The molecule has 1 N–H and O–H groups in total. The van der Waals surface area contributed by atoms with Crippen LogP contribution in [-0.4, -0.2) is 4.98 Å². The van der Waals surface area contributed by atoms with Crippen LogP contribution in [0.25, 0.3) is 0 Å². The largest absolute Gasteiger partial charge is 0.320 e. The second kappa shape index (κ2) is 4.34. The number of nitrogens with one attached hydrogen (secondary N) is 1. The van der Waals surface area contributed by atoms with E-state index in [9.17, 15) is 13.6 Å². The molecule has 0 saturated heterocycles. The molecule has 0 fully saturated rings. The van der Waals surface area contributed by atoms with Crippen LogP contribution in [0.4, 0.5) is 8.78 Å². The van der Waals surface area contributed by atoms with Crippen LogP contribution in [0, 0.1) is 22.7 Å². The lowest BCUT2D eigenvalue weighted by Gasteiger charge is -2.03. The normalized spacial score (nSPS) is 9.67. The van der Waals surface area contributed by atoms with Gasteiger partial charge in [-0.25, -0.2) is 8.78 Å². The standard InChI is InChI=1S/C9H5F2N3O/c10-8(11)7-3-5(1-2-12)6(4-13)9(15)14-7/h3,8H,1H2,(H,14,15). The van der Waals surface area contributed by atoms with Crippen molar-refractivity contribution in [2.75, 3.05) is 0 Å². The Bertz CT molecular complexity index is 508. The van der Waals surface area contributed by atoms with Crippen molar-refractivity contribution in [1.29, 1.82) is 10.5 Å². The third kappa shape index (κ3) is 2.18. The molecule has 1 aromatic rings. The number of halogens is 2. The Hall–Kier alpha value is -2.21. The molecular weight excluding hydrogens is 204 g/mol. The zero-order valence-electron chi connectivity index (χ0n) is 7.42. The number of hydrogen-bond donors (Lipinski definition) is 1. The van der Waals surface area contributed by atoms with Gasteiger partial charge in [-0.05, 0) is 11.6 Å². The number of H-pyrrole nitrogens is 1. The molecule has 1 heterocycles. The summed E-state index contributed by atoms with van der Waals surface area (Å²) in [5, 5.41) is 17.0. The molecule has 15 heavy (non-hydrogen) atoms. The molecule has 0 spiro atoms. The van der Waals surface area contributed by atoms with Crippen molar-refractivity contribution in [3.8, 4) is 12.1 Å². The maximum Gasteiger partial charge on any atom is 0.278 e. The Morgan fingerprint density at radius 1 is 1.47 bits per heavy atom. The molecule has 0 aliphatic heterocycles. The van der Waals surface area contributed by atoms with E-state index in [4.69, 9.17) is 10.5 Å². The van der Waals surface area contributed by atoms with Gasteiger partial charge in [0.2, 0.25) is 0 Å². The molecule has 0 aliphatic carbocycles. The van der Waals surface area contributed by atoms with Gasteiger partial charge in [0, 0.05) is 0 Å². The highest BCUT2D eigenvalue weighted by Crippen LogP contribution is 2.17. The van der Waals surface area contributed by atoms with Crippen LogP contribution in [0.15, 0.2) is 10.9 Å². The first-order valence-electron chi connectivity index (χ1n) is 3.91. The van der Waals surface area contributed by atoms with Gasteiger partial charge < -0.3 is 4.98 Å². The minimum Gasteiger partial charge on any atom is -0.320 e. The lowest BCUT2D eigenvalue weighted by molar-refractivity contribution is 0.145. The predicted octanol–water partition coefficient (Wildman–Crippen LogP) is 1.25. The van der Waals surface area contributed by atoms with E-state index in [-0.39, 0.29) is 17.5 Å². The van der Waals surface area contributed by atoms with Crippen molar-refractivity contribution in [2.45, 2.75) is 12.8 Å². The maximum absolute atomic E-state index is 12.3. The fourth-order valence-electron chi connectivity index (χ4n) is 1.10. The van der Waals surface area contributed by atoms with Gasteiger partial charge >= 0.3 is 0 Å². The zero-order chi connectivity index (χ0) is 11.4. The van der Waals surface area contributed by atoms with Gasteiger partial charge in [0.15, 0.2) is 0 Å². The zero-order valence-corrected chi connectivity index (χ0v) is 7.42. The molecule has 0 unspecified atom stereocenters. The molecule has 6 heteroatoms. The van der Waals surface area contributed by atoms with Crippen molar-refractivity contribution in [3.63, 3.8) is 0 Å². The number of rotatable bonds is 2. The minimum absolute atomic E-state index is 0.0269. The summed E-state index contributed by atoms with van der Waals surface area (Å²) in [6, 6.07) is 4.24. The highest BCUT2D eigenvalue weighted by atomic mass is 19.3. The van der Waals surface area contributed by atoms with E-state index in [1.807, 2.05) is 4.98 Å². The SMILES string of the molecule is N#CCc1cc(C(F)F)[nH]c(=O)c1C#N. The molecule has 0 amide bonds. The fourth-order valence-corrected chi connectivity index (χ4v) is 1.10. The summed E-state index contributed by atoms with van der Waals surface area (Å²) in [5.41, 5.74) is -1.73. The highest BCUT2D eigenvalue weighted by Gasteiger charge is 2.14. The van der Waals surface area contributed by atoms with Gasteiger partial charge in [0.1, 0.15) is 11.6 Å². The Labute approximate surface area is 83.4 Å². The average molecular weight is 209 g/mol. The van der Waals surface area contributed by atoms with Crippen LogP contribution in [0.5, 0.6) is 0 Å². The van der Waals surface area contributed by atoms with Gasteiger partial charge in [-0.1, -0.05) is 0 Å². The quantitative estimate of drug-likeness (QED) is 0.795. The summed E-state index contributed by atoms with van der Waals surface area (Å²) in [7, 11) is 0. The second-order valence-corrected chi connectivity index (χ2v) is 2.70. The fraction of sp³-hybridized carbons (Fsp3) is 0.222. The second-order valence-electron chi connectivity index (χ2n) is 2.70. The molecule has 0 radical (unpaired) electrons. The predicted molar refractivity (Wildman–Crippen MR) is 46.1 cm³/mol. The summed E-state index contributed by atoms with van der Waals surface area (Å²) in [5.74, 6) is 0. The first-order chi connectivity index (χ1) is 7.10. The van der Waals surface area contributed by atoms with E-state index in [1.54, 1.807) is 12.1 Å². The summed E-state index contributed by atoms with van der Waals surface area (Å²) in [6.45, 7) is 0. The van der Waals surface area contributed by atoms with E-state index in [1.165, 1.54) is 0 Å². The van der Waals surface area contributed by atoms with Crippen molar-refractivity contribution >= 4 is 0 Å². The van der Waals surface area contributed by atoms with Crippen LogP contribution >= 0.6 is 0 Å². The van der Waals surface area contributed by atoms with Crippen LogP contribution in [0.1, 0.15) is 23.2 Å². The monoisotopic (exact) mass is 209 g/mol. The van der Waals surface area contributed by atoms with Crippen molar-refractivity contribution < 1.29 is 8.78 Å². The summed E-state index contributed by atoms with van der Waals surface area (Å²) in [6.07, 6.45) is -3.07. The molecule has 1 aromatic heterocycles. The van der Waals surface area contributed by atoms with Crippen LogP contribution < -0.4 is 5.56 Å². The first kappa shape index (κ1) is 10.9. The number of nitriles is 2. The van der Waals surface area contributed by atoms with Gasteiger partial charge in [0.25, 0.3) is 12.0 Å². The number of pyridine rings is 1. The summed E-state index contributed by atoms with van der Waals surface area (Å²) in [4.78, 5) is 13.0. The van der Waals surface area contributed by atoms with Gasteiger partial charge in [-0.3, -0.25) is 4.79 Å². The smallest absolute Gasteiger partial charge is 0.278 e. The van der Waals surface area contributed by atoms with Crippen LogP contribution in [0.3, 0.4) is 0 Å². The third-order valence-electron chi connectivity index (χ3n) is 1.75. The molecule has 0 aromatic carbocycles. The molecule has 0 aliphatic rings. The lowest BCUT2D eigenvalue weighted by atomic mass is 10.1. The number of nitrogens with zero attached hydrogens (tertiary/aromatic N) is 2. The Balaban J connectivity index is 3.42. The van der Waals surface area contributed by atoms with E-state index in [0.29, 0.717) is 0 Å². The molecule has 0 atom stereocenters. The molecule has 0 bridgehead atoms. The average Bonchev–Trinajstić information content (AvgIpc) is 2.17. The van der Waals surface area contributed by atoms with Crippen LogP contribution in [0.2, 0.25) is 0 Å².